The Hall–Kier alpha value is -0.180. The molecule has 0 spiro atoms. The molecule has 82 valence electrons. The zero-order chi connectivity index (χ0) is 10.5. The van der Waals surface area contributed by atoms with Crippen LogP contribution in [0, 0.1) is 0 Å². The fourth-order valence-electron chi connectivity index (χ4n) is 1.85. The summed E-state index contributed by atoms with van der Waals surface area (Å²) in [7, 11) is 0. The number of thioether (sulfide) groups is 1. The minimum atomic E-state index is 0.754. The van der Waals surface area contributed by atoms with Crippen molar-refractivity contribution in [3.8, 4) is 0 Å². The van der Waals surface area contributed by atoms with Gasteiger partial charge in [0.05, 0.1) is 0 Å². The molecular weight excluding hydrogens is 226 g/mol. The number of halogens is 1. The van der Waals surface area contributed by atoms with Gasteiger partial charge < -0.3 is 5.32 Å². The van der Waals surface area contributed by atoms with Crippen molar-refractivity contribution in [1.82, 2.24) is 5.32 Å². The van der Waals surface area contributed by atoms with Crippen molar-refractivity contribution in [1.29, 1.82) is 0 Å². The lowest BCUT2D eigenvalue weighted by molar-refractivity contribution is 0.592. The highest BCUT2D eigenvalue weighted by atomic mass is 35.5. The lowest BCUT2D eigenvalue weighted by Gasteiger charge is -2.09. The third-order valence-electron chi connectivity index (χ3n) is 2.71. The average molecular weight is 242 g/mol. The maximum Gasteiger partial charge on any atom is 0.0406 e. The van der Waals surface area contributed by atoms with Crippen LogP contribution in [0.2, 0.25) is 5.02 Å². The van der Waals surface area contributed by atoms with Gasteiger partial charge in [0.15, 0.2) is 0 Å². The molecule has 15 heavy (non-hydrogen) atoms. The number of hydrogen-bond donors (Lipinski definition) is 1. The molecule has 0 amide bonds. The van der Waals surface area contributed by atoms with Gasteiger partial charge in [0, 0.05) is 16.0 Å². The van der Waals surface area contributed by atoms with Crippen LogP contribution in [0.5, 0.6) is 0 Å². The molecule has 0 radical (unpaired) electrons. The molecule has 1 N–H and O–H groups in total. The molecule has 1 aliphatic rings. The predicted molar refractivity (Wildman–Crippen MR) is 67.8 cm³/mol. The van der Waals surface area contributed by atoms with Crippen LogP contribution in [0.1, 0.15) is 19.3 Å². The van der Waals surface area contributed by atoms with E-state index in [1.165, 1.54) is 36.5 Å². The molecule has 1 aliphatic heterocycles. The van der Waals surface area contributed by atoms with Crippen molar-refractivity contribution in [3.63, 3.8) is 0 Å². The van der Waals surface area contributed by atoms with E-state index in [-0.39, 0.29) is 0 Å². The minimum Gasteiger partial charge on any atom is -0.314 e. The normalized spacial score (nSPS) is 20.7. The van der Waals surface area contributed by atoms with Gasteiger partial charge in [0.1, 0.15) is 0 Å². The van der Waals surface area contributed by atoms with Crippen molar-refractivity contribution in [2.45, 2.75) is 30.2 Å². The van der Waals surface area contributed by atoms with Gasteiger partial charge in [0.25, 0.3) is 0 Å². The molecule has 2 rings (SSSR count). The lowest BCUT2D eigenvalue weighted by Crippen LogP contribution is -2.21. The van der Waals surface area contributed by atoms with E-state index in [1.54, 1.807) is 0 Å². The van der Waals surface area contributed by atoms with Crippen LogP contribution in [0.25, 0.3) is 0 Å². The van der Waals surface area contributed by atoms with E-state index >= 15 is 0 Å². The number of hydrogen-bond acceptors (Lipinski definition) is 2. The molecule has 1 fully saturated rings. The summed E-state index contributed by atoms with van der Waals surface area (Å²) in [4.78, 5) is 1.32. The van der Waals surface area contributed by atoms with Gasteiger partial charge >= 0.3 is 0 Å². The van der Waals surface area contributed by atoms with Gasteiger partial charge in [-0.3, -0.25) is 0 Å². The van der Waals surface area contributed by atoms with E-state index in [2.05, 4.69) is 17.4 Å². The quantitative estimate of drug-likeness (QED) is 0.809. The largest absolute Gasteiger partial charge is 0.314 e. The Balaban J connectivity index is 1.71. The summed E-state index contributed by atoms with van der Waals surface area (Å²) >= 11 is 7.75. The predicted octanol–water partition coefficient (Wildman–Crippen LogP) is 3.57. The molecule has 1 atom stereocenters. The number of benzene rings is 1. The highest BCUT2D eigenvalue weighted by molar-refractivity contribution is 7.99. The molecule has 0 bridgehead atoms. The summed E-state index contributed by atoms with van der Waals surface area (Å²) in [6, 6.07) is 8.85. The van der Waals surface area contributed by atoms with Crippen molar-refractivity contribution in [2.24, 2.45) is 0 Å². The summed E-state index contributed by atoms with van der Waals surface area (Å²) in [6.45, 7) is 1.20. The number of rotatable bonds is 4. The van der Waals surface area contributed by atoms with Gasteiger partial charge in [-0.05, 0) is 55.8 Å². The van der Waals surface area contributed by atoms with Crippen LogP contribution in [0.4, 0.5) is 0 Å². The van der Waals surface area contributed by atoms with E-state index in [9.17, 15) is 0 Å². The van der Waals surface area contributed by atoms with Gasteiger partial charge in [-0.15, -0.1) is 11.8 Å². The fraction of sp³-hybridized carbons (Fsp3) is 0.500. The summed E-state index contributed by atoms with van der Waals surface area (Å²) in [5.41, 5.74) is 0. The Labute approximate surface area is 101 Å². The minimum absolute atomic E-state index is 0.754. The van der Waals surface area contributed by atoms with Crippen molar-refractivity contribution >= 4 is 23.4 Å². The van der Waals surface area contributed by atoms with E-state index in [4.69, 9.17) is 11.6 Å². The fourth-order valence-corrected chi connectivity index (χ4v) is 2.95. The van der Waals surface area contributed by atoms with Crippen LogP contribution >= 0.6 is 23.4 Å². The molecule has 0 saturated carbocycles. The van der Waals surface area contributed by atoms with E-state index in [1.807, 2.05) is 23.9 Å². The summed E-state index contributed by atoms with van der Waals surface area (Å²) in [5, 5.41) is 4.33. The van der Waals surface area contributed by atoms with Crippen molar-refractivity contribution in [2.75, 3.05) is 12.3 Å². The first-order valence-electron chi connectivity index (χ1n) is 5.46. The third kappa shape index (κ3) is 3.71. The average Bonchev–Trinajstić information content (AvgIpc) is 2.74. The summed E-state index contributed by atoms with van der Waals surface area (Å²) < 4.78 is 0. The molecular formula is C12H16ClNS. The highest BCUT2D eigenvalue weighted by Gasteiger charge is 2.12. The van der Waals surface area contributed by atoms with Gasteiger partial charge in [-0.2, -0.15) is 0 Å². The van der Waals surface area contributed by atoms with Gasteiger partial charge in [-0.25, -0.2) is 0 Å². The molecule has 3 heteroatoms. The zero-order valence-corrected chi connectivity index (χ0v) is 10.3. The smallest absolute Gasteiger partial charge is 0.0406 e. The van der Waals surface area contributed by atoms with Crippen molar-refractivity contribution < 1.29 is 0 Å². The van der Waals surface area contributed by atoms with E-state index in [0.29, 0.717) is 0 Å². The highest BCUT2D eigenvalue weighted by Crippen LogP contribution is 2.22. The Morgan fingerprint density at radius 2 is 2.13 bits per heavy atom. The Morgan fingerprint density at radius 1 is 1.33 bits per heavy atom. The molecule has 1 aromatic rings. The maximum absolute atomic E-state index is 5.83. The molecule has 1 heterocycles. The van der Waals surface area contributed by atoms with Gasteiger partial charge in [-0.1, -0.05) is 11.6 Å². The van der Waals surface area contributed by atoms with Crippen LogP contribution < -0.4 is 5.32 Å². The number of nitrogens with one attached hydrogen (secondary N) is 1. The Kier molecular flexibility index (Phi) is 4.36. The second-order valence-corrected chi connectivity index (χ2v) is 5.49. The topological polar surface area (TPSA) is 12.0 Å². The molecule has 1 saturated heterocycles. The SMILES string of the molecule is Clc1ccc(SCCC2CCCN2)cc1. The van der Waals surface area contributed by atoms with Crippen LogP contribution in [-0.4, -0.2) is 18.3 Å². The summed E-state index contributed by atoms with van der Waals surface area (Å²) in [5.74, 6) is 1.19. The van der Waals surface area contributed by atoms with Crippen LogP contribution in [0.3, 0.4) is 0 Å². The first-order valence-corrected chi connectivity index (χ1v) is 6.83. The van der Waals surface area contributed by atoms with Crippen LogP contribution in [-0.2, 0) is 0 Å². The zero-order valence-electron chi connectivity index (χ0n) is 8.71. The molecule has 0 aromatic heterocycles. The first-order chi connectivity index (χ1) is 7.34. The van der Waals surface area contributed by atoms with E-state index in [0.717, 1.165) is 11.1 Å². The molecule has 0 aliphatic carbocycles. The molecule has 1 nitrogen and oxygen atoms in total. The standard InChI is InChI=1S/C12H16ClNS/c13-10-3-5-12(6-4-10)15-9-7-11-2-1-8-14-11/h3-6,11,14H,1-2,7-9H2. The third-order valence-corrected chi connectivity index (χ3v) is 4.01. The monoisotopic (exact) mass is 241 g/mol. The molecule has 1 aromatic carbocycles. The maximum atomic E-state index is 5.83. The van der Waals surface area contributed by atoms with Gasteiger partial charge in [0.2, 0.25) is 0 Å². The Bertz CT molecular complexity index is 293. The molecule has 1 unspecified atom stereocenters. The first kappa shape index (κ1) is 11.3. The van der Waals surface area contributed by atoms with Crippen LogP contribution in [0.15, 0.2) is 29.2 Å². The summed E-state index contributed by atoms with van der Waals surface area (Å²) in [6.07, 6.45) is 3.96. The van der Waals surface area contributed by atoms with E-state index < -0.39 is 0 Å². The second kappa shape index (κ2) is 5.78. The lowest BCUT2D eigenvalue weighted by atomic mass is 10.2. The second-order valence-electron chi connectivity index (χ2n) is 3.88. The van der Waals surface area contributed by atoms with Crippen molar-refractivity contribution in [3.05, 3.63) is 29.3 Å². The Morgan fingerprint density at radius 3 is 2.80 bits per heavy atom.